The lowest BCUT2D eigenvalue weighted by Crippen LogP contribution is -2.08. The Morgan fingerprint density at radius 1 is 1.29 bits per heavy atom. The highest BCUT2D eigenvalue weighted by molar-refractivity contribution is 5.89. The van der Waals surface area contributed by atoms with Gasteiger partial charge in [0.15, 0.2) is 0 Å². The zero-order chi connectivity index (χ0) is 15.2. The molecule has 1 heterocycles. The number of carbonyl (C=O) groups is 1. The van der Waals surface area contributed by atoms with Crippen molar-refractivity contribution in [2.45, 2.75) is 6.92 Å². The zero-order valence-corrected chi connectivity index (χ0v) is 12.5. The molecule has 0 spiro atoms. The summed E-state index contributed by atoms with van der Waals surface area (Å²) >= 11 is 0. The maximum absolute atomic E-state index is 11.5. The third-order valence-corrected chi connectivity index (χ3v) is 2.91. The Kier molecular flexibility index (Phi) is 4.77. The van der Waals surface area contributed by atoms with Crippen molar-refractivity contribution in [3.05, 3.63) is 48.2 Å². The van der Waals surface area contributed by atoms with Crippen LogP contribution in [0.25, 0.3) is 0 Å². The first-order valence-electron chi connectivity index (χ1n) is 6.77. The summed E-state index contributed by atoms with van der Waals surface area (Å²) in [6, 6.07) is 11.5. The number of esters is 1. The fourth-order valence-corrected chi connectivity index (χ4v) is 1.81. The minimum absolute atomic E-state index is 0.355. The molecule has 0 aliphatic carbocycles. The molecule has 5 nitrogen and oxygen atoms in total. The molecular weight excluding hydrogens is 266 g/mol. The first-order chi connectivity index (χ1) is 10.1. The van der Waals surface area contributed by atoms with Crippen LogP contribution in [0.4, 0.5) is 17.2 Å². The summed E-state index contributed by atoms with van der Waals surface area (Å²) in [6.45, 7) is 2.13. The van der Waals surface area contributed by atoms with Crippen molar-refractivity contribution in [3.63, 3.8) is 0 Å². The Morgan fingerprint density at radius 3 is 2.71 bits per heavy atom. The number of aromatic nitrogens is 1. The average Bonchev–Trinajstić information content (AvgIpc) is 2.48. The van der Waals surface area contributed by atoms with E-state index in [1.54, 1.807) is 19.1 Å². The second kappa shape index (κ2) is 6.74. The molecule has 0 aliphatic rings. The van der Waals surface area contributed by atoms with E-state index in [2.05, 4.69) is 10.3 Å². The third-order valence-electron chi connectivity index (χ3n) is 2.91. The minimum Gasteiger partial charge on any atom is -0.462 e. The van der Waals surface area contributed by atoms with E-state index >= 15 is 0 Å². The molecule has 1 N–H and O–H groups in total. The van der Waals surface area contributed by atoms with E-state index in [0.29, 0.717) is 18.0 Å². The van der Waals surface area contributed by atoms with Crippen molar-refractivity contribution in [2.24, 2.45) is 0 Å². The highest BCUT2D eigenvalue weighted by Gasteiger charge is 2.06. The number of pyridine rings is 1. The molecule has 21 heavy (non-hydrogen) atoms. The number of nitrogens with one attached hydrogen (secondary N) is 1. The van der Waals surface area contributed by atoms with E-state index in [1.807, 2.05) is 43.3 Å². The van der Waals surface area contributed by atoms with E-state index in [1.165, 1.54) is 6.20 Å². The van der Waals surface area contributed by atoms with E-state index in [-0.39, 0.29) is 5.97 Å². The quantitative estimate of drug-likeness (QED) is 0.856. The Labute approximate surface area is 124 Å². The number of carbonyl (C=O) groups excluding carboxylic acids is 1. The fourth-order valence-electron chi connectivity index (χ4n) is 1.81. The van der Waals surface area contributed by atoms with Gasteiger partial charge in [0, 0.05) is 31.7 Å². The van der Waals surface area contributed by atoms with Gasteiger partial charge in [-0.1, -0.05) is 6.07 Å². The molecule has 0 unspecified atom stereocenters. The molecule has 2 rings (SSSR count). The van der Waals surface area contributed by atoms with Crippen LogP contribution in [0.5, 0.6) is 0 Å². The maximum Gasteiger partial charge on any atom is 0.339 e. The summed E-state index contributed by atoms with van der Waals surface area (Å²) < 4.78 is 4.92. The molecular formula is C16H19N3O2. The van der Waals surface area contributed by atoms with Gasteiger partial charge in [-0.15, -0.1) is 0 Å². The summed E-state index contributed by atoms with van der Waals surface area (Å²) in [5, 5.41) is 3.21. The molecule has 2 aromatic rings. The van der Waals surface area contributed by atoms with Gasteiger partial charge in [0.05, 0.1) is 12.2 Å². The zero-order valence-electron chi connectivity index (χ0n) is 12.5. The van der Waals surface area contributed by atoms with Gasteiger partial charge in [0.25, 0.3) is 0 Å². The van der Waals surface area contributed by atoms with Crippen LogP contribution in [-0.4, -0.2) is 31.7 Å². The molecule has 0 amide bonds. The van der Waals surface area contributed by atoms with Gasteiger partial charge in [-0.3, -0.25) is 0 Å². The highest BCUT2D eigenvalue weighted by atomic mass is 16.5. The van der Waals surface area contributed by atoms with Crippen LogP contribution in [-0.2, 0) is 4.74 Å². The summed E-state index contributed by atoms with van der Waals surface area (Å²) in [6.07, 6.45) is 1.51. The number of anilines is 3. The van der Waals surface area contributed by atoms with Crippen LogP contribution < -0.4 is 10.2 Å². The molecule has 1 aromatic carbocycles. The topological polar surface area (TPSA) is 54.5 Å². The van der Waals surface area contributed by atoms with Gasteiger partial charge in [-0.05, 0) is 37.3 Å². The highest BCUT2D eigenvalue weighted by Crippen LogP contribution is 2.20. The molecule has 0 bridgehead atoms. The van der Waals surface area contributed by atoms with Gasteiger partial charge in [0.2, 0.25) is 0 Å². The van der Waals surface area contributed by atoms with Crippen molar-refractivity contribution >= 4 is 23.2 Å². The molecule has 0 fully saturated rings. The fraction of sp³-hybridized carbons (Fsp3) is 0.250. The summed E-state index contributed by atoms with van der Waals surface area (Å²) in [7, 11) is 3.98. The summed E-state index contributed by atoms with van der Waals surface area (Å²) in [5.41, 5.74) is 2.49. The van der Waals surface area contributed by atoms with Crippen molar-refractivity contribution < 1.29 is 9.53 Å². The normalized spacial score (nSPS) is 10.0. The smallest absolute Gasteiger partial charge is 0.339 e. The number of hydrogen-bond donors (Lipinski definition) is 1. The van der Waals surface area contributed by atoms with E-state index in [9.17, 15) is 4.79 Å². The van der Waals surface area contributed by atoms with Gasteiger partial charge in [-0.25, -0.2) is 9.78 Å². The van der Waals surface area contributed by atoms with E-state index in [4.69, 9.17) is 4.74 Å². The Hall–Kier alpha value is -2.56. The van der Waals surface area contributed by atoms with E-state index < -0.39 is 0 Å². The number of benzene rings is 1. The van der Waals surface area contributed by atoms with Crippen LogP contribution >= 0.6 is 0 Å². The third kappa shape index (κ3) is 3.95. The van der Waals surface area contributed by atoms with Crippen LogP contribution in [0, 0.1) is 0 Å². The monoisotopic (exact) mass is 285 g/mol. The number of ether oxygens (including phenoxy) is 1. The predicted molar refractivity (Wildman–Crippen MR) is 84.2 cm³/mol. The predicted octanol–water partition coefficient (Wildman–Crippen LogP) is 3.07. The Morgan fingerprint density at radius 2 is 2.10 bits per heavy atom. The Balaban J connectivity index is 2.10. The first kappa shape index (κ1) is 14.8. The summed E-state index contributed by atoms with van der Waals surface area (Å²) in [5.74, 6) is 0.324. The van der Waals surface area contributed by atoms with Gasteiger partial charge >= 0.3 is 5.97 Å². The lowest BCUT2D eigenvalue weighted by atomic mass is 10.2. The molecule has 110 valence electrons. The molecule has 0 saturated carbocycles. The molecule has 0 saturated heterocycles. The van der Waals surface area contributed by atoms with Crippen molar-refractivity contribution in [1.82, 2.24) is 4.98 Å². The van der Waals surface area contributed by atoms with Gasteiger partial charge in [0.1, 0.15) is 5.82 Å². The Bertz CT molecular complexity index is 609. The average molecular weight is 285 g/mol. The molecule has 0 aliphatic heterocycles. The number of hydrogen-bond acceptors (Lipinski definition) is 5. The lowest BCUT2D eigenvalue weighted by molar-refractivity contribution is 0.0526. The lowest BCUT2D eigenvalue weighted by Gasteiger charge is -2.14. The molecule has 5 heteroatoms. The van der Waals surface area contributed by atoms with Crippen LogP contribution in [0.15, 0.2) is 42.6 Å². The first-order valence-corrected chi connectivity index (χ1v) is 6.77. The largest absolute Gasteiger partial charge is 0.462 e. The maximum atomic E-state index is 11.5. The second-order valence-electron chi connectivity index (χ2n) is 4.72. The van der Waals surface area contributed by atoms with Crippen LogP contribution in [0.3, 0.4) is 0 Å². The van der Waals surface area contributed by atoms with Crippen molar-refractivity contribution in [1.29, 1.82) is 0 Å². The second-order valence-corrected chi connectivity index (χ2v) is 4.72. The molecule has 1 aromatic heterocycles. The van der Waals surface area contributed by atoms with E-state index in [0.717, 1.165) is 11.4 Å². The van der Waals surface area contributed by atoms with Gasteiger partial charge < -0.3 is 15.0 Å². The standard InChI is InChI=1S/C16H19N3O2/c1-4-21-16(20)12-8-9-15(17-11-12)18-13-6-5-7-14(10-13)19(2)3/h5-11H,4H2,1-3H3,(H,17,18). The summed E-state index contributed by atoms with van der Waals surface area (Å²) in [4.78, 5) is 17.8. The molecule has 0 atom stereocenters. The minimum atomic E-state index is -0.355. The van der Waals surface area contributed by atoms with Gasteiger partial charge in [-0.2, -0.15) is 0 Å². The molecule has 0 radical (unpaired) electrons. The van der Waals surface area contributed by atoms with Crippen molar-refractivity contribution in [2.75, 3.05) is 30.9 Å². The van der Waals surface area contributed by atoms with Crippen LogP contribution in [0.2, 0.25) is 0 Å². The van der Waals surface area contributed by atoms with Crippen molar-refractivity contribution in [3.8, 4) is 0 Å². The number of nitrogens with zero attached hydrogens (tertiary/aromatic N) is 2. The van der Waals surface area contributed by atoms with Crippen LogP contribution in [0.1, 0.15) is 17.3 Å². The SMILES string of the molecule is CCOC(=O)c1ccc(Nc2cccc(N(C)C)c2)nc1. The number of rotatable bonds is 5.